The van der Waals surface area contributed by atoms with E-state index >= 15 is 0 Å². The van der Waals surface area contributed by atoms with Crippen LogP contribution >= 0.6 is 0 Å². The topological polar surface area (TPSA) is 60.1 Å². The molecular weight excluding hydrogens is 242 g/mol. The van der Waals surface area contributed by atoms with Gasteiger partial charge in [0.15, 0.2) is 11.5 Å². The van der Waals surface area contributed by atoms with Crippen molar-refractivity contribution in [2.45, 2.75) is 13.3 Å². The average Bonchev–Trinajstić information content (AvgIpc) is 2.98. The van der Waals surface area contributed by atoms with Gasteiger partial charge in [0.25, 0.3) is 0 Å². The highest BCUT2D eigenvalue weighted by atomic mass is 16.7. The van der Waals surface area contributed by atoms with Crippen molar-refractivity contribution in [3.05, 3.63) is 29.6 Å². The number of hydrogen-bond donors (Lipinski definition) is 0. The van der Waals surface area contributed by atoms with Crippen molar-refractivity contribution in [2.24, 2.45) is 7.05 Å². The first-order chi connectivity index (χ1) is 9.20. The quantitative estimate of drug-likeness (QED) is 0.825. The molecule has 2 aromatic rings. The van der Waals surface area contributed by atoms with Crippen molar-refractivity contribution >= 4 is 0 Å². The SMILES string of the molecule is Cc1c(CC#N)nc(-c2ccc3c(c2)OCO3)n1C. The molecule has 96 valence electrons. The molecule has 0 aliphatic carbocycles. The number of nitriles is 1. The van der Waals surface area contributed by atoms with Gasteiger partial charge >= 0.3 is 0 Å². The summed E-state index contributed by atoms with van der Waals surface area (Å²) < 4.78 is 12.7. The van der Waals surface area contributed by atoms with Crippen LogP contribution in [0.4, 0.5) is 0 Å². The van der Waals surface area contributed by atoms with E-state index in [9.17, 15) is 0 Å². The van der Waals surface area contributed by atoms with E-state index in [1.807, 2.05) is 36.7 Å². The van der Waals surface area contributed by atoms with Gasteiger partial charge in [-0.1, -0.05) is 0 Å². The molecule has 0 atom stereocenters. The molecule has 1 aliphatic rings. The summed E-state index contributed by atoms with van der Waals surface area (Å²) in [6.07, 6.45) is 0.324. The summed E-state index contributed by atoms with van der Waals surface area (Å²) in [5.41, 5.74) is 2.78. The van der Waals surface area contributed by atoms with Crippen molar-refractivity contribution in [2.75, 3.05) is 6.79 Å². The van der Waals surface area contributed by atoms with E-state index in [1.165, 1.54) is 0 Å². The van der Waals surface area contributed by atoms with E-state index in [0.29, 0.717) is 6.42 Å². The Morgan fingerprint density at radius 3 is 2.95 bits per heavy atom. The zero-order valence-corrected chi connectivity index (χ0v) is 10.8. The van der Waals surface area contributed by atoms with E-state index < -0.39 is 0 Å². The summed E-state index contributed by atoms with van der Waals surface area (Å²) in [6.45, 7) is 2.23. The molecular formula is C14H13N3O2. The van der Waals surface area contributed by atoms with Crippen LogP contribution in [-0.2, 0) is 13.5 Å². The van der Waals surface area contributed by atoms with Crippen molar-refractivity contribution in [1.82, 2.24) is 9.55 Å². The van der Waals surface area contributed by atoms with Crippen molar-refractivity contribution in [3.8, 4) is 29.0 Å². The number of benzene rings is 1. The molecule has 0 spiro atoms. The summed E-state index contributed by atoms with van der Waals surface area (Å²) in [6, 6.07) is 7.89. The Morgan fingerprint density at radius 1 is 1.37 bits per heavy atom. The largest absolute Gasteiger partial charge is 0.454 e. The monoisotopic (exact) mass is 255 g/mol. The highest BCUT2D eigenvalue weighted by Gasteiger charge is 2.17. The molecule has 1 aliphatic heterocycles. The summed E-state index contributed by atoms with van der Waals surface area (Å²) in [5, 5.41) is 8.81. The molecule has 19 heavy (non-hydrogen) atoms. The number of hydrogen-bond acceptors (Lipinski definition) is 4. The van der Waals surface area contributed by atoms with Gasteiger partial charge in [0, 0.05) is 18.3 Å². The van der Waals surface area contributed by atoms with Crippen molar-refractivity contribution < 1.29 is 9.47 Å². The lowest BCUT2D eigenvalue weighted by molar-refractivity contribution is 0.174. The Balaban J connectivity index is 2.07. The van der Waals surface area contributed by atoms with Crippen LogP contribution in [0.15, 0.2) is 18.2 Å². The van der Waals surface area contributed by atoms with Gasteiger partial charge in [0.2, 0.25) is 6.79 Å². The number of rotatable bonds is 2. The number of fused-ring (bicyclic) bond motifs is 1. The molecule has 0 saturated heterocycles. The maximum absolute atomic E-state index is 8.81. The second kappa shape index (κ2) is 4.32. The number of nitrogens with zero attached hydrogens (tertiary/aromatic N) is 3. The first-order valence-corrected chi connectivity index (χ1v) is 6.00. The van der Waals surface area contributed by atoms with E-state index in [0.717, 1.165) is 34.3 Å². The third kappa shape index (κ3) is 1.82. The van der Waals surface area contributed by atoms with Crippen molar-refractivity contribution in [1.29, 1.82) is 5.26 Å². The van der Waals surface area contributed by atoms with Gasteiger partial charge in [0.05, 0.1) is 18.2 Å². The van der Waals surface area contributed by atoms with E-state index in [4.69, 9.17) is 14.7 Å². The van der Waals surface area contributed by atoms with Crippen LogP contribution in [0.5, 0.6) is 11.5 Å². The molecule has 2 heterocycles. The Kier molecular flexibility index (Phi) is 2.64. The first kappa shape index (κ1) is 11.6. The molecule has 3 rings (SSSR count). The normalized spacial score (nSPS) is 12.5. The van der Waals surface area contributed by atoms with Gasteiger partial charge in [-0.25, -0.2) is 4.98 Å². The molecule has 1 aromatic heterocycles. The van der Waals surface area contributed by atoms with Crippen molar-refractivity contribution in [3.63, 3.8) is 0 Å². The molecule has 0 amide bonds. The Bertz CT molecular complexity index is 683. The lowest BCUT2D eigenvalue weighted by atomic mass is 10.2. The Hall–Kier alpha value is -2.48. The van der Waals surface area contributed by atoms with Crippen LogP contribution in [0, 0.1) is 18.3 Å². The number of ether oxygens (including phenoxy) is 2. The lowest BCUT2D eigenvalue weighted by Crippen LogP contribution is -1.95. The summed E-state index contributed by atoms with van der Waals surface area (Å²) in [7, 11) is 1.95. The smallest absolute Gasteiger partial charge is 0.231 e. The molecule has 1 aromatic carbocycles. The van der Waals surface area contributed by atoms with Crippen LogP contribution in [0.3, 0.4) is 0 Å². The minimum Gasteiger partial charge on any atom is -0.454 e. The van der Waals surface area contributed by atoms with Crippen LogP contribution in [0.2, 0.25) is 0 Å². The van der Waals surface area contributed by atoms with Gasteiger partial charge < -0.3 is 14.0 Å². The molecule has 0 saturated carbocycles. The maximum Gasteiger partial charge on any atom is 0.231 e. The van der Waals surface area contributed by atoms with E-state index in [-0.39, 0.29) is 6.79 Å². The van der Waals surface area contributed by atoms with Crippen LogP contribution in [0.25, 0.3) is 11.4 Å². The van der Waals surface area contributed by atoms with Gasteiger partial charge in [-0.05, 0) is 25.1 Å². The standard InChI is InChI=1S/C14H13N3O2/c1-9-11(5-6-15)16-14(17(9)2)10-3-4-12-13(7-10)19-8-18-12/h3-4,7H,5,8H2,1-2H3. The first-order valence-electron chi connectivity index (χ1n) is 6.00. The van der Waals surface area contributed by atoms with Crippen LogP contribution < -0.4 is 9.47 Å². The second-order valence-electron chi connectivity index (χ2n) is 4.43. The number of aromatic nitrogens is 2. The molecule has 0 unspecified atom stereocenters. The molecule has 5 heteroatoms. The van der Waals surface area contributed by atoms with Crippen LogP contribution in [0.1, 0.15) is 11.4 Å². The maximum atomic E-state index is 8.81. The van der Waals surface area contributed by atoms with Crippen LogP contribution in [-0.4, -0.2) is 16.3 Å². The summed E-state index contributed by atoms with van der Waals surface area (Å²) in [5.74, 6) is 2.33. The molecule has 0 bridgehead atoms. The third-order valence-electron chi connectivity index (χ3n) is 3.36. The predicted molar refractivity (Wildman–Crippen MR) is 68.8 cm³/mol. The van der Waals surface area contributed by atoms with Gasteiger partial charge in [0.1, 0.15) is 5.82 Å². The highest BCUT2D eigenvalue weighted by Crippen LogP contribution is 2.35. The minimum absolute atomic E-state index is 0.262. The highest BCUT2D eigenvalue weighted by molar-refractivity contribution is 5.63. The van der Waals surface area contributed by atoms with Gasteiger partial charge in [-0.15, -0.1) is 0 Å². The number of imidazole rings is 1. The fraction of sp³-hybridized carbons (Fsp3) is 0.286. The summed E-state index contributed by atoms with van der Waals surface area (Å²) >= 11 is 0. The third-order valence-corrected chi connectivity index (χ3v) is 3.36. The molecule has 0 fully saturated rings. The fourth-order valence-corrected chi connectivity index (χ4v) is 2.17. The second-order valence-corrected chi connectivity index (χ2v) is 4.43. The molecule has 0 radical (unpaired) electrons. The van der Waals surface area contributed by atoms with E-state index in [1.54, 1.807) is 0 Å². The zero-order valence-electron chi connectivity index (χ0n) is 10.8. The molecule has 5 nitrogen and oxygen atoms in total. The fourth-order valence-electron chi connectivity index (χ4n) is 2.17. The average molecular weight is 255 g/mol. The molecule has 0 N–H and O–H groups in total. The zero-order chi connectivity index (χ0) is 13.4. The predicted octanol–water partition coefficient (Wildman–Crippen LogP) is 2.19. The summed E-state index contributed by atoms with van der Waals surface area (Å²) in [4.78, 5) is 4.54. The minimum atomic E-state index is 0.262. The Labute approximate surface area is 111 Å². The lowest BCUT2D eigenvalue weighted by Gasteiger charge is -2.04. The van der Waals surface area contributed by atoms with Gasteiger partial charge in [-0.2, -0.15) is 5.26 Å². The Morgan fingerprint density at radius 2 is 2.16 bits per heavy atom. The van der Waals surface area contributed by atoms with E-state index in [2.05, 4.69) is 11.1 Å². The van der Waals surface area contributed by atoms with Gasteiger partial charge in [-0.3, -0.25) is 0 Å².